The van der Waals surface area contributed by atoms with Crippen LogP contribution >= 0.6 is 0 Å². The molecule has 0 radical (unpaired) electrons. The van der Waals surface area contributed by atoms with E-state index in [-0.39, 0.29) is 12.0 Å². The average Bonchev–Trinajstić information content (AvgIpc) is 2.68. The molecule has 1 amide bonds. The lowest BCUT2D eigenvalue weighted by atomic mass is 10.2. The predicted molar refractivity (Wildman–Crippen MR) is 72.5 cm³/mol. The Balaban J connectivity index is 2.50. The molecule has 1 heterocycles. The van der Waals surface area contributed by atoms with Crippen LogP contribution < -0.4 is 11.3 Å². The molecule has 1 rings (SSSR count). The van der Waals surface area contributed by atoms with Crippen LogP contribution in [0.2, 0.25) is 0 Å². The van der Waals surface area contributed by atoms with Gasteiger partial charge in [-0.2, -0.15) is 0 Å². The number of hydrogen-bond donors (Lipinski definition) is 2. The smallest absolute Gasteiger partial charge is 0.268 e. The molecule has 0 fully saturated rings. The summed E-state index contributed by atoms with van der Waals surface area (Å²) in [6.45, 7) is 7.86. The van der Waals surface area contributed by atoms with E-state index in [0.717, 1.165) is 12.3 Å². The standard InChI is InChI=1S/C13H23N3O3/c1-9(2)18-6-5-16(4)8-11-7-12(10(3)19-11)13(17)15-14/h7,9H,5-6,8,14H2,1-4H3,(H,15,17). The number of nitrogens with one attached hydrogen (secondary N) is 1. The number of carbonyl (C=O) groups excluding carboxylic acids is 1. The molecule has 0 saturated heterocycles. The van der Waals surface area contributed by atoms with Crippen molar-refractivity contribution >= 4 is 5.91 Å². The van der Waals surface area contributed by atoms with Gasteiger partial charge in [0, 0.05) is 6.54 Å². The molecule has 0 bridgehead atoms. The Kier molecular flexibility index (Phi) is 6.01. The molecule has 0 aliphatic carbocycles. The Morgan fingerprint density at radius 3 is 2.84 bits per heavy atom. The summed E-state index contributed by atoms with van der Waals surface area (Å²) in [6.07, 6.45) is 0.235. The predicted octanol–water partition coefficient (Wildman–Crippen LogP) is 1.05. The van der Waals surface area contributed by atoms with Crippen LogP contribution in [0.4, 0.5) is 0 Å². The summed E-state index contributed by atoms with van der Waals surface area (Å²) in [5, 5.41) is 0. The second-order valence-electron chi connectivity index (χ2n) is 4.81. The van der Waals surface area contributed by atoms with E-state index in [1.54, 1.807) is 13.0 Å². The highest BCUT2D eigenvalue weighted by Crippen LogP contribution is 2.15. The van der Waals surface area contributed by atoms with Crippen LogP contribution in [0.25, 0.3) is 0 Å². The summed E-state index contributed by atoms with van der Waals surface area (Å²) in [4.78, 5) is 13.5. The van der Waals surface area contributed by atoms with E-state index in [2.05, 4.69) is 10.3 Å². The van der Waals surface area contributed by atoms with Gasteiger partial charge in [0.2, 0.25) is 0 Å². The number of aryl methyl sites for hydroxylation is 1. The third-order valence-electron chi connectivity index (χ3n) is 2.69. The zero-order chi connectivity index (χ0) is 14.4. The molecule has 6 heteroatoms. The number of nitrogen functional groups attached to an aromatic ring is 1. The molecule has 0 aliphatic rings. The van der Waals surface area contributed by atoms with Gasteiger partial charge < -0.3 is 9.15 Å². The minimum atomic E-state index is -0.335. The Bertz CT molecular complexity index is 415. The first kappa shape index (κ1) is 15.7. The zero-order valence-electron chi connectivity index (χ0n) is 12.0. The van der Waals surface area contributed by atoms with Crippen molar-refractivity contribution in [2.24, 2.45) is 5.84 Å². The maximum atomic E-state index is 11.5. The Morgan fingerprint density at radius 2 is 2.26 bits per heavy atom. The van der Waals surface area contributed by atoms with Crippen LogP contribution in [0.1, 0.15) is 35.7 Å². The van der Waals surface area contributed by atoms with Gasteiger partial charge in [0.1, 0.15) is 11.5 Å². The monoisotopic (exact) mass is 269 g/mol. The third kappa shape index (κ3) is 5.02. The van der Waals surface area contributed by atoms with Gasteiger partial charge in [-0.15, -0.1) is 0 Å². The highest BCUT2D eigenvalue weighted by atomic mass is 16.5. The lowest BCUT2D eigenvalue weighted by molar-refractivity contribution is 0.0616. The first-order valence-corrected chi connectivity index (χ1v) is 6.34. The van der Waals surface area contributed by atoms with E-state index in [1.165, 1.54) is 0 Å². The molecule has 0 aromatic carbocycles. The lowest BCUT2D eigenvalue weighted by Crippen LogP contribution is -2.30. The molecule has 0 aliphatic heterocycles. The minimum absolute atomic E-state index is 0.235. The molecule has 19 heavy (non-hydrogen) atoms. The normalized spacial score (nSPS) is 11.3. The van der Waals surface area contributed by atoms with Crippen molar-refractivity contribution in [1.29, 1.82) is 0 Å². The fraction of sp³-hybridized carbons (Fsp3) is 0.615. The minimum Gasteiger partial charge on any atom is -0.464 e. The van der Waals surface area contributed by atoms with Crippen molar-refractivity contribution in [2.45, 2.75) is 33.4 Å². The summed E-state index contributed by atoms with van der Waals surface area (Å²) >= 11 is 0. The lowest BCUT2D eigenvalue weighted by Gasteiger charge is -2.16. The quantitative estimate of drug-likeness (QED) is 0.439. The second kappa shape index (κ2) is 7.28. The van der Waals surface area contributed by atoms with Crippen LogP contribution in [0, 0.1) is 6.92 Å². The van der Waals surface area contributed by atoms with E-state index in [0.29, 0.717) is 24.5 Å². The highest BCUT2D eigenvalue weighted by molar-refractivity contribution is 5.94. The van der Waals surface area contributed by atoms with Gasteiger partial charge in [0.25, 0.3) is 5.91 Å². The topological polar surface area (TPSA) is 80.7 Å². The Morgan fingerprint density at radius 1 is 1.58 bits per heavy atom. The number of likely N-dealkylation sites (N-methyl/N-ethyl adjacent to an activating group) is 1. The van der Waals surface area contributed by atoms with Gasteiger partial charge in [-0.25, -0.2) is 5.84 Å². The number of ether oxygens (including phenoxy) is 1. The molecule has 6 nitrogen and oxygen atoms in total. The number of carbonyl (C=O) groups is 1. The summed E-state index contributed by atoms with van der Waals surface area (Å²) in [5.41, 5.74) is 2.58. The second-order valence-corrected chi connectivity index (χ2v) is 4.81. The fourth-order valence-electron chi connectivity index (χ4n) is 1.71. The molecule has 108 valence electrons. The molecule has 0 saturated carbocycles. The average molecular weight is 269 g/mol. The van der Waals surface area contributed by atoms with E-state index in [9.17, 15) is 4.79 Å². The number of amides is 1. The van der Waals surface area contributed by atoms with Crippen LogP contribution in [0.15, 0.2) is 10.5 Å². The summed E-state index contributed by atoms with van der Waals surface area (Å²) in [5.74, 6) is 6.09. The van der Waals surface area contributed by atoms with Gasteiger partial charge >= 0.3 is 0 Å². The van der Waals surface area contributed by atoms with E-state index < -0.39 is 0 Å². The molecular weight excluding hydrogens is 246 g/mol. The van der Waals surface area contributed by atoms with E-state index in [4.69, 9.17) is 15.0 Å². The molecule has 1 aromatic heterocycles. The summed E-state index contributed by atoms with van der Waals surface area (Å²) in [6, 6.07) is 1.72. The maximum Gasteiger partial charge on any atom is 0.268 e. The van der Waals surface area contributed by atoms with E-state index in [1.807, 2.05) is 20.9 Å². The van der Waals surface area contributed by atoms with Crippen LogP contribution in [-0.2, 0) is 11.3 Å². The molecule has 1 aromatic rings. The van der Waals surface area contributed by atoms with Gasteiger partial charge in [-0.05, 0) is 33.9 Å². The van der Waals surface area contributed by atoms with Crippen LogP contribution in [-0.4, -0.2) is 37.1 Å². The highest BCUT2D eigenvalue weighted by Gasteiger charge is 2.14. The number of rotatable bonds is 7. The van der Waals surface area contributed by atoms with Crippen molar-refractivity contribution in [3.8, 4) is 0 Å². The SMILES string of the molecule is Cc1oc(CN(C)CCOC(C)C)cc1C(=O)NN. The first-order valence-electron chi connectivity index (χ1n) is 6.34. The third-order valence-corrected chi connectivity index (χ3v) is 2.69. The van der Waals surface area contributed by atoms with Crippen molar-refractivity contribution in [3.63, 3.8) is 0 Å². The van der Waals surface area contributed by atoms with Crippen LogP contribution in [0.3, 0.4) is 0 Å². The molecule has 0 spiro atoms. The first-order chi connectivity index (χ1) is 8.93. The van der Waals surface area contributed by atoms with Gasteiger partial charge in [-0.1, -0.05) is 0 Å². The zero-order valence-corrected chi connectivity index (χ0v) is 12.0. The van der Waals surface area contributed by atoms with Crippen molar-refractivity contribution in [3.05, 3.63) is 23.2 Å². The molecule has 0 unspecified atom stereocenters. The van der Waals surface area contributed by atoms with E-state index >= 15 is 0 Å². The Labute approximate surface area is 113 Å². The van der Waals surface area contributed by atoms with Crippen molar-refractivity contribution in [2.75, 3.05) is 20.2 Å². The number of hydrogen-bond acceptors (Lipinski definition) is 5. The number of hydrazine groups is 1. The van der Waals surface area contributed by atoms with Crippen molar-refractivity contribution in [1.82, 2.24) is 10.3 Å². The number of nitrogens with two attached hydrogens (primary N) is 1. The van der Waals surface area contributed by atoms with Crippen molar-refractivity contribution < 1.29 is 13.9 Å². The summed E-state index contributed by atoms with van der Waals surface area (Å²) < 4.78 is 11.0. The maximum absolute atomic E-state index is 11.5. The van der Waals surface area contributed by atoms with Crippen LogP contribution in [0.5, 0.6) is 0 Å². The molecule has 3 N–H and O–H groups in total. The number of nitrogens with zero attached hydrogens (tertiary/aromatic N) is 1. The number of furan rings is 1. The molecule has 0 atom stereocenters. The van der Waals surface area contributed by atoms with Gasteiger partial charge in [-0.3, -0.25) is 15.1 Å². The summed E-state index contributed by atoms with van der Waals surface area (Å²) in [7, 11) is 1.98. The van der Waals surface area contributed by atoms with Gasteiger partial charge in [0.15, 0.2) is 0 Å². The fourth-order valence-corrected chi connectivity index (χ4v) is 1.71. The Hall–Kier alpha value is -1.37. The molecular formula is C13H23N3O3. The largest absolute Gasteiger partial charge is 0.464 e. The van der Waals surface area contributed by atoms with Gasteiger partial charge in [0.05, 0.1) is 24.8 Å².